The van der Waals surface area contributed by atoms with Crippen molar-refractivity contribution in [2.24, 2.45) is 7.05 Å². The smallest absolute Gasteiger partial charge is 0.201 e. The van der Waals surface area contributed by atoms with Gasteiger partial charge in [0.2, 0.25) is 5.95 Å². The fraction of sp³-hybridized carbons (Fsp3) is 0.308. The second kappa shape index (κ2) is 4.65. The van der Waals surface area contributed by atoms with Gasteiger partial charge in [-0.1, -0.05) is 0 Å². The molecular formula is C13H16BrN3O. The number of methoxy groups -OCH3 is 1. The summed E-state index contributed by atoms with van der Waals surface area (Å²) in [5.74, 6) is 1.40. The number of hydrogen-bond donors (Lipinski definition) is 1. The van der Waals surface area contributed by atoms with Crippen LogP contribution in [0.25, 0.3) is 11.3 Å². The third kappa shape index (κ3) is 1.99. The van der Waals surface area contributed by atoms with E-state index in [-0.39, 0.29) is 0 Å². The molecule has 4 nitrogen and oxygen atoms in total. The summed E-state index contributed by atoms with van der Waals surface area (Å²) in [6, 6.07) is 4.11. The number of imidazole rings is 1. The van der Waals surface area contributed by atoms with Crippen molar-refractivity contribution >= 4 is 21.9 Å². The number of benzene rings is 1. The fourth-order valence-electron chi connectivity index (χ4n) is 2.09. The zero-order valence-corrected chi connectivity index (χ0v) is 12.5. The molecule has 0 aliphatic carbocycles. The lowest BCUT2D eigenvalue weighted by atomic mass is 10.0. The number of nitrogen functional groups attached to an aromatic ring is 1. The van der Waals surface area contributed by atoms with Gasteiger partial charge in [-0.15, -0.1) is 0 Å². The number of aromatic nitrogens is 2. The van der Waals surface area contributed by atoms with Crippen LogP contribution >= 0.6 is 15.9 Å². The average Bonchev–Trinajstić information content (AvgIpc) is 2.56. The molecule has 0 saturated carbocycles. The highest BCUT2D eigenvalue weighted by atomic mass is 79.9. The Balaban J connectivity index is 2.62. The number of halogens is 1. The van der Waals surface area contributed by atoms with E-state index >= 15 is 0 Å². The zero-order valence-electron chi connectivity index (χ0n) is 10.9. The Morgan fingerprint density at radius 1 is 1.28 bits per heavy atom. The van der Waals surface area contributed by atoms with E-state index in [1.807, 2.05) is 25.5 Å². The molecule has 0 radical (unpaired) electrons. The molecule has 1 heterocycles. The Bertz CT molecular complexity index is 582. The van der Waals surface area contributed by atoms with Gasteiger partial charge in [0.1, 0.15) is 16.0 Å². The van der Waals surface area contributed by atoms with Gasteiger partial charge in [-0.3, -0.25) is 0 Å². The highest BCUT2D eigenvalue weighted by molar-refractivity contribution is 9.10. The Morgan fingerprint density at radius 2 is 1.83 bits per heavy atom. The van der Waals surface area contributed by atoms with Gasteiger partial charge < -0.3 is 15.0 Å². The van der Waals surface area contributed by atoms with Gasteiger partial charge in [0.05, 0.1) is 7.11 Å². The molecule has 1 aromatic carbocycles. The van der Waals surface area contributed by atoms with Crippen molar-refractivity contribution in [3.05, 3.63) is 27.9 Å². The van der Waals surface area contributed by atoms with Gasteiger partial charge in [0.15, 0.2) is 0 Å². The Kier molecular flexibility index (Phi) is 3.34. The summed E-state index contributed by atoms with van der Waals surface area (Å²) in [6.45, 7) is 4.05. The molecule has 0 atom stereocenters. The highest BCUT2D eigenvalue weighted by Crippen LogP contribution is 2.33. The molecule has 0 aliphatic rings. The number of nitrogens with zero attached hydrogens (tertiary/aromatic N) is 2. The summed E-state index contributed by atoms with van der Waals surface area (Å²) in [6.07, 6.45) is 0. The Hall–Kier alpha value is -1.49. The van der Waals surface area contributed by atoms with Crippen LogP contribution in [0.2, 0.25) is 0 Å². The van der Waals surface area contributed by atoms with Crippen molar-refractivity contribution in [1.82, 2.24) is 9.55 Å². The fourth-order valence-corrected chi connectivity index (χ4v) is 2.59. The van der Waals surface area contributed by atoms with Gasteiger partial charge in [0, 0.05) is 12.6 Å². The molecule has 0 saturated heterocycles. The third-order valence-electron chi connectivity index (χ3n) is 3.00. The average molecular weight is 310 g/mol. The standard InChI is InChI=1S/C13H16BrN3O/c1-7-5-9(6-8(2)11(7)18-4)10-12(14)17(3)13(15)16-10/h5-6H,1-4H3,(H2,15,16). The van der Waals surface area contributed by atoms with Gasteiger partial charge in [-0.05, 0) is 53.0 Å². The highest BCUT2D eigenvalue weighted by Gasteiger charge is 2.14. The van der Waals surface area contributed by atoms with Gasteiger partial charge in [-0.2, -0.15) is 0 Å². The summed E-state index contributed by atoms with van der Waals surface area (Å²) in [5.41, 5.74) is 9.86. The summed E-state index contributed by atoms with van der Waals surface area (Å²) in [5, 5.41) is 0. The van der Waals surface area contributed by atoms with E-state index in [9.17, 15) is 0 Å². The number of aryl methyl sites for hydroxylation is 2. The van der Waals surface area contributed by atoms with E-state index in [0.29, 0.717) is 5.95 Å². The maximum absolute atomic E-state index is 5.81. The minimum atomic E-state index is 0.489. The van der Waals surface area contributed by atoms with E-state index < -0.39 is 0 Å². The second-order valence-corrected chi connectivity index (χ2v) is 5.06. The number of hydrogen-bond acceptors (Lipinski definition) is 3. The minimum absolute atomic E-state index is 0.489. The van der Waals surface area contributed by atoms with Crippen LogP contribution in [-0.4, -0.2) is 16.7 Å². The van der Waals surface area contributed by atoms with Gasteiger partial charge >= 0.3 is 0 Å². The molecule has 0 bridgehead atoms. The molecule has 0 fully saturated rings. The topological polar surface area (TPSA) is 53.1 Å². The molecule has 0 spiro atoms. The van der Waals surface area contributed by atoms with Crippen molar-refractivity contribution in [2.75, 3.05) is 12.8 Å². The van der Waals surface area contributed by atoms with E-state index in [1.165, 1.54) is 0 Å². The lowest BCUT2D eigenvalue weighted by Crippen LogP contribution is -1.96. The van der Waals surface area contributed by atoms with Gasteiger partial charge in [0.25, 0.3) is 0 Å². The van der Waals surface area contributed by atoms with E-state index in [1.54, 1.807) is 7.11 Å². The molecule has 5 heteroatoms. The largest absolute Gasteiger partial charge is 0.496 e. The maximum Gasteiger partial charge on any atom is 0.201 e. The summed E-state index contributed by atoms with van der Waals surface area (Å²) in [7, 11) is 3.56. The number of rotatable bonds is 2. The van der Waals surface area contributed by atoms with Crippen LogP contribution in [0.15, 0.2) is 16.7 Å². The van der Waals surface area contributed by atoms with Crippen LogP contribution in [0.1, 0.15) is 11.1 Å². The first kappa shape index (κ1) is 13.0. The number of ether oxygens (including phenoxy) is 1. The molecular weight excluding hydrogens is 294 g/mol. The quantitative estimate of drug-likeness (QED) is 0.927. The lowest BCUT2D eigenvalue weighted by molar-refractivity contribution is 0.408. The monoisotopic (exact) mass is 309 g/mol. The molecule has 0 unspecified atom stereocenters. The van der Waals surface area contributed by atoms with Gasteiger partial charge in [-0.25, -0.2) is 4.98 Å². The normalized spacial score (nSPS) is 10.7. The summed E-state index contributed by atoms with van der Waals surface area (Å²) in [4.78, 5) is 4.37. The van der Waals surface area contributed by atoms with Crippen LogP contribution in [0.3, 0.4) is 0 Å². The zero-order chi connectivity index (χ0) is 13.4. The Labute approximate surface area is 115 Å². The second-order valence-electron chi connectivity index (χ2n) is 4.31. The van der Waals surface area contributed by atoms with E-state index in [2.05, 4.69) is 33.0 Å². The maximum atomic E-state index is 5.81. The molecule has 2 rings (SSSR count). The van der Waals surface area contributed by atoms with Crippen LogP contribution in [0.5, 0.6) is 5.75 Å². The van der Waals surface area contributed by atoms with Crippen LogP contribution in [0, 0.1) is 13.8 Å². The first-order valence-electron chi connectivity index (χ1n) is 5.59. The SMILES string of the molecule is COc1c(C)cc(-c2nc(N)n(C)c2Br)cc1C. The van der Waals surface area contributed by atoms with Crippen LogP contribution in [0.4, 0.5) is 5.95 Å². The molecule has 18 heavy (non-hydrogen) atoms. The van der Waals surface area contributed by atoms with E-state index in [4.69, 9.17) is 10.5 Å². The summed E-state index contributed by atoms with van der Waals surface area (Å²) >= 11 is 3.51. The third-order valence-corrected chi connectivity index (χ3v) is 3.91. The molecule has 2 aromatic rings. The first-order chi connectivity index (χ1) is 8.45. The molecule has 0 aliphatic heterocycles. The number of nitrogens with two attached hydrogens (primary N) is 1. The van der Waals surface area contributed by atoms with Crippen LogP contribution < -0.4 is 10.5 Å². The van der Waals surface area contributed by atoms with E-state index in [0.717, 1.165) is 32.7 Å². The first-order valence-corrected chi connectivity index (χ1v) is 6.38. The lowest BCUT2D eigenvalue weighted by Gasteiger charge is -2.10. The van der Waals surface area contributed by atoms with Crippen molar-refractivity contribution in [3.8, 4) is 17.0 Å². The predicted octanol–water partition coefficient (Wildman–Crippen LogP) is 3.06. The van der Waals surface area contributed by atoms with Crippen molar-refractivity contribution in [1.29, 1.82) is 0 Å². The van der Waals surface area contributed by atoms with Crippen molar-refractivity contribution in [2.45, 2.75) is 13.8 Å². The molecule has 2 N–H and O–H groups in total. The van der Waals surface area contributed by atoms with Crippen molar-refractivity contribution < 1.29 is 4.74 Å². The molecule has 0 amide bonds. The molecule has 96 valence electrons. The number of anilines is 1. The van der Waals surface area contributed by atoms with Crippen molar-refractivity contribution in [3.63, 3.8) is 0 Å². The predicted molar refractivity (Wildman–Crippen MR) is 76.8 cm³/mol. The van der Waals surface area contributed by atoms with Crippen LogP contribution in [-0.2, 0) is 7.05 Å². The summed E-state index contributed by atoms with van der Waals surface area (Å²) < 4.78 is 8.05. The Morgan fingerprint density at radius 3 is 2.22 bits per heavy atom. The molecule has 1 aromatic heterocycles. The minimum Gasteiger partial charge on any atom is -0.496 e.